The predicted octanol–water partition coefficient (Wildman–Crippen LogP) is 2.05. The Hall–Kier alpha value is -0.0600. The molecule has 0 bridgehead atoms. The molecule has 1 rings (SSSR count). The van der Waals surface area contributed by atoms with E-state index in [0.717, 1.165) is 6.54 Å². The first-order valence-electron chi connectivity index (χ1n) is 2.78. The van der Waals surface area contributed by atoms with Crippen LogP contribution in [0.5, 0.6) is 0 Å². The van der Waals surface area contributed by atoms with Crippen LogP contribution in [-0.2, 0) is 6.54 Å². The van der Waals surface area contributed by atoms with E-state index in [2.05, 4.69) is 24.0 Å². The molecule has 4 heteroatoms. The minimum absolute atomic E-state index is 0.549. The SMILES string of the molecule is S=C(S)NCc1cccs1. The van der Waals surface area contributed by atoms with Gasteiger partial charge in [0.15, 0.2) is 0 Å². The van der Waals surface area contributed by atoms with Crippen molar-refractivity contribution in [1.82, 2.24) is 5.32 Å². The average molecular weight is 189 g/mol. The van der Waals surface area contributed by atoms with Gasteiger partial charge in [-0.2, -0.15) is 0 Å². The summed E-state index contributed by atoms with van der Waals surface area (Å²) in [5.41, 5.74) is 0. The van der Waals surface area contributed by atoms with Crippen LogP contribution in [0.3, 0.4) is 0 Å². The van der Waals surface area contributed by atoms with Crippen LogP contribution in [0.1, 0.15) is 4.88 Å². The summed E-state index contributed by atoms with van der Waals surface area (Å²) in [6, 6.07) is 4.08. The fourth-order valence-corrected chi connectivity index (χ4v) is 1.37. The van der Waals surface area contributed by atoms with Crippen molar-refractivity contribution in [3.05, 3.63) is 22.4 Å². The maximum absolute atomic E-state index is 4.73. The van der Waals surface area contributed by atoms with Crippen LogP contribution in [-0.4, -0.2) is 4.32 Å². The molecule has 0 spiro atoms. The molecule has 0 saturated carbocycles. The first kappa shape index (κ1) is 8.04. The Labute approximate surface area is 74.9 Å². The van der Waals surface area contributed by atoms with Crippen LogP contribution in [0.15, 0.2) is 17.5 Å². The fraction of sp³-hybridized carbons (Fsp3) is 0.167. The third-order valence-electron chi connectivity index (χ3n) is 0.994. The quantitative estimate of drug-likeness (QED) is 0.545. The standard InChI is InChI=1S/C6H7NS3/c8-6(9)7-4-5-2-1-3-10-5/h1-3H,4H2,(H2,7,8,9). The Morgan fingerprint density at radius 1 is 1.80 bits per heavy atom. The zero-order chi connectivity index (χ0) is 7.40. The van der Waals surface area contributed by atoms with Crippen LogP contribution in [0.2, 0.25) is 0 Å². The van der Waals surface area contributed by atoms with Gasteiger partial charge in [0, 0.05) is 4.88 Å². The molecular weight excluding hydrogens is 182 g/mol. The van der Waals surface area contributed by atoms with Crippen molar-refractivity contribution in [2.45, 2.75) is 6.54 Å². The highest BCUT2D eigenvalue weighted by Gasteiger charge is 1.91. The van der Waals surface area contributed by atoms with Crippen molar-refractivity contribution < 1.29 is 0 Å². The van der Waals surface area contributed by atoms with Crippen molar-refractivity contribution in [2.24, 2.45) is 0 Å². The minimum atomic E-state index is 0.549. The maximum Gasteiger partial charge on any atom is 0.130 e. The Balaban J connectivity index is 2.35. The normalized spacial score (nSPS) is 9.30. The lowest BCUT2D eigenvalue weighted by Gasteiger charge is -1.97. The van der Waals surface area contributed by atoms with Gasteiger partial charge in [-0.3, -0.25) is 0 Å². The van der Waals surface area contributed by atoms with Gasteiger partial charge in [0.25, 0.3) is 0 Å². The molecular formula is C6H7NS3. The molecule has 0 aliphatic carbocycles. The van der Waals surface area contributed by atoms with Crippen LogP contribution in [0, 0.1) is 0 Å². The fourth-order valence-electron chi connectivity index (χ4n) is 0.576. The smallest absolute Gasteiger partial charge is 0.130 e. The predicted molar refractivity (Wildman–Crippen MR) is 52.7 cm³/mol. The van der Waals surface area contributed by atoms with E-state index < -0.39 is 0 Å². The molecule has 1 aromatic rings. The first-order valence-corrected chi connectivity index (χ1v) is 4.52. The lowest BCUT2D eigenvalue weighted by molar-refractivity contribution is 0.962. The highest BCUT2D eigenvalue weighted by Crippen LogP contribution is 2.07. The zero-order valence-corrected chi connectivity index (χ0v) is 7.73. The van der Waals surface area contributed by atoms with E-state index >= 15 is 0 Å². The molecule has 0 atom stereocenters. The monoisotopic (exact) mass is 189 g/mol. The molecule has 0 saturated heterocycles. The van der Waals surface area contributed by atoms with Gasteiger partial charge in [-0.25, -0.2) is 0 Å². The summed E-state index contributed by atoms with van der Waals surface area (Å²) in [7, 11) is 0. The molecule has 0 amide bonds. The lowest BCUT2D eigenvalue weighted by Crippen LogP contribution is -2.14. The number of hydrogen-bond acceptors (Lipinski definition) is 2. The van der Waals surface area contributed by atoms with E-state index in [1.807, 2.05) is 11.4 Å². The number of thiocarbonyl (C=S) groups is 1. The number of nitrogens with one attached hydrogen (secondary N) is 1. The third-order valence-corrected chi connectivity index (χ3v) is 2.17. The van der Waals surface area contributed by atoms with E-state index in [0.29, 0.717) is 4.32 Å². The molecule has 1 N–H and O–H groups in total. The topological polar surface area (TPSA) is 12.0 Å². The van der Waals surface area contributed by atoms with E-state index in [1.165, 1.54) is 4.88 Å². The summed E-state index contributed by atoms with van der Waals surface area (Å²) in [4.78, 5) is 1.27. The van der Waals surface area contributed by atoms with Crippen LogP contribution < -0.4 is 5.32 Å². The lowest BCUT2D eigenvalue weighted by atomic mass is 10.5. The van der Waals surface area contributed by atoms with Crippen LogP contribution in [0.25, 0.3) is 0 Å². The number of thiol groups is 1. The van der Waals surface area contributed by atoms with E-state index in [1.54, 1.807) is 11.3 Å². The second-order valence-electron chi connectivity index (χ2n) is 1.74. The molecule has 1 heterocycles. The average Bonchev–Trinajstić information content (AvgIpc) is 2.34. The second-order valence-corrected chi connectivity index (χ2v) is 3.93. The molecule has 10 heavy (non-hydrogen) atoms. The van der Waals surface area contributed by atoms with Gasteiger partial charge in [0.1, 0.15) is 4.32 Å². The first-order chi connectivity index (χ1) is 4.79. The Kier molecular flexibility index (Phi) is 3.18. The summed E-state index contributed by atoms with van der Waals surface area (Å²) < 4.78 is 0.549. The van der Waals surface area contributed by atoms with E-state index in [-0.39, 0.29) is 0 Å². The molecule has 0 aromatic carbocycles. The summed E-state index contributed by atoms with van der Waals surface area (Å²) in [5, 5.41) is 4.99. The van der Waals surface area contributed by atoms with Gasteiger partial charge in [0.05, 0.1) is 6.54 Å². The van der Waals surface area contributed by atoms with Crippen molar-refractivity contribution in [1.29, 1.82) is 0 Å². The summed E-state index contributed by atoms with van der Waals surface area (Å²) in [5.74, 6) is 0. The highest BCUT2D eigenvalue weighted by atomic mass is 32.1. The van der Waals surface area contributed by atoms with Crippen LogP contribution >= 0.6 is 36.2 Å². The van der Waals surface area contributed by atoms with E-state index in [4.69, 9.17) is 12.2 Å². The summed E-state index contributed by atoms with van der Waals surface area (Å²) in [6.07, 6.45) is 0. The van der Waals surface area contributed by atoms with Gasteiger partial charge in [-0.1, -0.05) is 18.3 Å². The van der Waals surface area contributed by atoms with Gasteiger partial charge in [0.2, 0.25) is 0 Å². The van der Waals surface area contributed by atoms with E-state index in [9.17, 15) is 0 Å². The largest absolute Gasteiger partial charge is 0.366 e. The number of thiophene rings is 1. The Morgan fingerprint density at radius 3 is 3.10 bits per heavy atom. The van der Waals surface area contributed by atoms with Crippen molar-refractivity contribution in [2.75, 3.05) is 0 Å². The van der Waals surface area contributed by atoms with Gasteiger partial charge in [-0.15, -0.1) is 24.0 Å². The van der Waals surface area contributed by atoms with Crippen molar-refractivity contribution in [3.63, 3.8) is 0 Å². The number of hydrogen-bond donors (Lipinski definition) is 2. The van der Waals surface area contributed by atoms with Gasteiger partial charge >= 0.3 is 0 Å². The molecule has 0 aliphatic heterocycles. The third kappa shape index (κ3) is 2.68. The van der Waals surface area contributed by atoms with Crippen molar-refractivity contribution >= 4 is 40.5 Å². The Morgan fingerprint density at radius 2 is 2.60 bits per heavy atom. The maximum atomic E-state index is 4.73. The van der Waals surface area contributed by atoms with Crippen molar-refractivity contribution in [3.8, 4) is 0 Å². The number of rotatable bonds is 2. The molecule has 1 aromatic heterocycles. The van der Waals surface area contributed by atoms with Gasteiger partial charge < -0.3 is 5.32 Å². The molecule has 1 nitrogen and oxygen atoms in total. The molecule has 0 fully saturated rings. The summed E-state index contributed by atoms with van der Waals surface area (Å²) >= 11 is 10.4. The minimum Gasteiger partial charge on any atom is -0.366 e. The summed E-state index contributed by atoms with van der Waals surface area (Å²) in [6.45, 7) is 0.792. The molecule has 0 aliphatic rings. The Bertz CT molecular complexity index is 205. The molecule has 0 unspecified atom stereocenters. The van der Waals surface area contributed by atoms with Gasteiger partial charge in [-0.05, 0) is 11.4 Å². The zero-order valence-electron chi connectivity index (χ0n) is 5.20. The molecule has 54 valence electrons. The second kappa shape index (κ2) is 3.95. The highest BCUT2D eigenvalue weighted by molar-refractivity contribution is 8.11. The van der Waals surface area contributed by atoms with Crippen LogP contribution in [0.4, 0.5) is 0 Å². The molecule has 0 radical (unpaired) electrons.